The number of aromatic nitrogens is 1. The third-order valence-electron chi connectivity index (χ3n) is 6.96. The highest BCUT2D eigenvalue weighted by Gasteiger charge is 2.54. The molecule has 0 unspecified atom stereocenters. The van der Waals surface area contributed by atoms with Crippen molar-refractivity contribution in [3.05, 3.63) is 89.7 Å². The van der Waals surface area contributed by atoms with Crippen LogP contribution in [-0.2, 0) is 16.0 Å². The van der Waals surface area contributed by atoms with Crippen molar-refractivity contribution in [2.24, 2.45) is 0 Å². The Morgan fingerprint density at radius 1 is 1.06 bits per heavy atom. The van der Waals surface area contributed by atoms with Gasteiger partial charge >= 0.3 is 0 Å². The summed E-state index contributed by atoms with van der Waals surface area (Å²) in [6.07, 6.45) is 3.59. The van der Waals surface area contributed by atoms with Gasteiger partial charge in [-0.25, -0.2) is 0 Å². The predicted molar refractivity (Wildman–Crippen MR) is 125 cm³/mol. The molecule has 3 atom stereocenters. The lowest BCUT2D eigenvalue weighted by Gasteiger charge is -2.58. The van der Waals surface area contributed by atoms with E-state index in [1.54, 1.807) is 22.2 Å². The van der Waals surface area contributed by atoms with Gasteiger partial charge in [0.05, 0.1) is 31.7 Å². The van der Waals surface area contributed by atoms with Gasteiger partial charge in [-0.3, -0.25) is 14.6 Å². The van der Waals surface area contributed by atoms with Gasteiger partial charge in [0.25, 0.3) is 0 Å². The first-order chi connectivity index (χ1) is 16.1. The molecule has 33 heavy (non-hydrogen) atoms. The van der Waals surface area contributed by atoms with Crippen molar-refractivity contribution in [1.82, 2.24) is 14.8 Å². The molecule has 0 radical (unpaired) electrons. The molecule has 0 aliphatic carbocycles. The van der Waals surface area contributed by atoms with Gasteiger partial charge in [-0.2, -0.15) is 0 Å². The van der Waals surface area contributed by atoms with Crippen molar-refractivity contribution in [3.8, 4) is 11.1 Å². The minimum Gasteiger partial charge on any atom is -0.394 e. The first kappa shape index (κ1) is 21.3. The molecule has 0 saturated carbocycles. The number of aryl methyl sites for hydroxylation is 1. The highest BCUT2D eigenvalue weighted by atomic mass is 16.3. The lowest BCUT2D eigenvalue weighted by atomic mass is 9.73. The topological polar surface area (TPSA) is 73.7 Å². The number of piperazine rings is 1. The third-order valence-corrected chi connectivity index (χ3v) is 6.96. The molecule has 2 aliphatic heterocycles. The number of fused-ring (bicyclic) bond motifs is 1. The average molecular weight is 442 g/mol. The molecule has 2 saturated heterocycles. The average Bonchev–Trinajstić information content (AvgIpc) is 2.82. The second-order valence-electron chi connectivity index (χ2n) is 8.89. The van der Waals surface area contributed by atoms with Crippen LogP contribution < -0.4 is 0 Å². The zero-order valence-corrected chi connectivity index (χ0v) is 18.6. The monoisotopic (exact) mass is 441 g/mol. The minimum atomic E-state index is -0.246. The quantitative estimate of drug-likeness (QED) is 0.661. The van der Waals surface area contributed by atoms with Crippen molar-refractivity contribution < 1.29 is 14.7 Å². The maximum absolute atomic E-state index is 12.9. The SMILES string of the molecule is Cc1ccccc1-c1ccc([C@@H]2[C@H]3CN(C(=O)Cc4ccncc4)CC(=O)N3[C@H]2CO)cc1. The minimum absolute atomic E-state index is 0.00129. The number of hydrogen-bond acceptors (Lipinski definition) is 4. The molecular formula is C27H27N3O3. The molecule has 3 aromatic rings. The highest BCUT2D eigenvalue weighted by molar-refractivity contribution is 5.88. The number of pyridine rings is 1. The second-order valence-corrected chi connectivity index (χ2v) is 8.89. The van der Waals surface area contributed by atoms with E-state index >= 15 is 0 Å². The molecule has 2 fully saturated rings. The molecule has 6 nitrogen and oxygen atoms in total. The Balaban J connectivity index is 1.35. The Hall–Kier alpha value is -3.51. The number of nitrogens with zero attached hydrogens (tertiary/aromatic N) is 3. The molecule has 2 aliphatic rings. The van der Waals surface area contributed by atoms with Crippen molar-refractivity contribution in [3.63, 3.8) is 0 Å². The van der Waals surface area contributed by atoms with Crippen LogP contribution in [0, 0.1) is 6.92 Å². The lowest BCUT2D eigenvalue weighted by Crippen LogP contribution is -2.73. The molecule has 5 rings (SSSR count). The van der Waals surface area contributed by atoms with Gasteiger partial charge < -0.3 is 14.9 Å². The Bertz CT molecular complexity index is 1160. The van der Waals surface area contributed by atoms with E-state index in [0.717, 1.165) is 16.7 Å². The fraction of sp³-hybridized carbons (Fsp3) is 0.296. The molecule has 2 aromatic carbocycles. The van der Waals surface area contributed by atoms with Crippen LogP contribution in [0.25, 0.3) is 11.1 Å². The van der Waals surface area contributed by atoms with Crippen LogP contribution in [0.15, 0.2) is 73.1 Å². The first-order valence-corrected chi connectivity index (χ1v) is 11.3. The van der Waals surface area contributed by atoms with Crippen LogP contribution >= 0.6 is 0 Å². The van der Waals surface area contributed by atoms with Crippen molar-refractivity contribution in [2.45, 2.75) is 31.3 Å². The van der Waals surface area contributed by atoms with E-state index in [9.17, 15) is 14.7 Å². The summed E-state index contributed by atoms with van der Waals surface area (Å²) < 4.78 is 0. The smallest absolute Gasteiger partial charge is 0.242 e. The number of amides is 2. The first-order valence-electron chi connectivity index (χ1n) is 11.3. The molecule has 0 spiro atoms. The van der Waals surface area contributed by atoms with Crippen molar-refractivity contribution >= 4 is 11.8 Å². The number of carbonyl (C=O) groups is 2. The van der Waals surface area contributed by atoms with Gasteiger partial charge in [-0.1, -0.05) is 48.5 Å². The van der Waals surface area contributed by atoms with Crippen LogP contribution in [-0.4, -0.2) is 63.5 Å². The third kappa shape index (κ3) is 3.91. The summed E-state index contributed by atoms with van der Waals surface area (Å²) in [5.74, 6) is -0.155. The molecule has 2 amide bonds. The van der Waals surface area contributed by atoms with E-state index in [1.165, 1.54) is 11.1 Å². The van der Waals surface area contributed by atoms with E-state index in [1.807, 2.05) is 24.3 Å². The van der Waals surface area contributed by atoms with Gasteiger partial charge in [0.1, 0.15) is 0 Å². The molecular weight excluding hydrogens is 414 g/mol. The lowest BCUT2D eigenvalue weighted by molar-refractivity contribution is -0.166. The normalized spacial score (nSPS) is 22.0. The number of rotatable bonds is 5. The number of aliphatic hydroxyl groups is 1. The standard InChI is InChI=1S/C27H27N3O3/c1-18-4-2-3-5-22(18)20-6-8-21(9-7-20)27-23-15-29(16-26(33)30(23)24(27)17-31)25(32)14-19-10-12-28-13-11-19/h2-13,23-24,27,31H,14-17H2,1H3/t23-,24+,27-/m1/s1. The van der Waals surface area contributed by atoms with Crippen molar-refractivity contribution in [1.29, 1.82) is 0 Å². The fourth-order valence-corrected chi connectivity index (χ4v) is 5.26. The summed E-state index contributed by atoms with van der Waals surface area (Å²) in [5.41, 5.74) is 5.52. The largest absolute Gasteiger partial charge is 0.394 e. The Labute approximate surface area is 193 Å². The van der Waals surface area contributed by atoms with Crippen LogP contribution in [0.5, 0.6) is 0 Å². The number of benzene rings is 2. The van der Waals surface area contributed by atoms with Gasteiger partial charge in [-0.05, 0) is 46.9 Å². The van der Waals surface area contributed by atoms with E-state index in [-0.39, 0.29) is 49.4 Å². The van der Waals surface area contributed by atoms with E-state index in [2.05, 4.69) is 48.3 Å². The van der Waals surface area contributed by atoms with Crippen LogP contribution in [0.3, 0.4) is 0 Å². The summed E-state index contributed by atoms with van der Waals surface area (Å²) in [7, 11) is 0. The van der Waals surface area contributed by atoms with Gasteiger partial charge in [0.15, 0.2) is 0 Å². The maximum atomic E-state index is 12.9. The molecule has 3 heterocycles. The van der Waals surface area contributed by atoms with Crippen LogP contribution in [0.4, 0.5) is 0 Å². The summed E-state index contributed by atoms with van der Waals surface area (Å²) in [4.78, 5) is 33.2. The Morgan fingerprint density at radius 3 is 2.48 bits per heavy atom. The fourth-order valence-electron chi connectivity index (χ4n) is 5.26. The zero-order chi connectivity index (χ0) is 22.9. The van der Waals surface area contributed by atoms with Gasteiger partial charge in [0.2, 0.25) is 11.8 Å². The van der Waals surface area contributed by atoms with E-state index in [0.29, 0.717) is 6.54 Å². The van der Waals surface area contributed by atoms with Crippen LogP contribution in [0.1, 0.15) is 22.6 Å². The van der Waals surface area contributed by atoms with Crippen LogP contribution in [0.2, 0.25) is 0 Å². The molecule has 1 aromatic heterocycles. The molecule has 168 valence electrons. The summed E-state index contributed by atoms with van der Waals surface area (Å²) in [6.45, 7) is 2.56. The van der Waals surface area contributed by atoms with Gasteiger partial charge in [0, 0.05) is 24.9 Å². The van der Waals surface area contributed by atoms with E-state index in [4.69, 9.17) is 0 Å². The second kappa shape index (κ2) is 8.79. The summed E-state index contributed by atoms with van der Waals surface area (Å²) in [5, 5.41) is 10.0. The molecule has 1 N–H and O–H groups in total. The highest BCUT2D eigenvalue weighted by Crippen LogP contribution is 2.43. The molecule has 6 heteroatoms. The Kier molecular flexibility index (Phi) is 5.68. The summed E-state index contributed by atoms with van der Waals surface area (Å²) in [6, 6.07) is 19.9. The Morgan fingerprint density at radius 2 is 1.79 bits per heavy atom. The van der Waals surface area contributed by atoms with Crippen molar-refractivity contribution in [2.75, 3.05) is 19.7 Å². The number of hydrogen-bond donors (Lipinski definition) is 1. The number of aliphatic hydroxyl groups excluding tert-OH is 1. The zero-order valence-electron chi connectivity index (χ0n) is 18.6. The summed E-state index contributed by atoms with van der Waals surface area (Å²) >= 11 is 0. The maximum Gasteiger partial charge on any atom is 0.242 e. The number of carbonyl (C=O) groups excluding carboxylic acids is 2. The molecule has 0 bridgehead atoms. The van der Waals surface area contributed by atoms with E-state index < -0.39 is 0 Å². The van der Waals surface area contributed by atoms with Gasteiger partial charge in [-0.15, -0.1) is 0 Å². The predicted octanol–water partition coefficient (Wildman–Crippen LogP) is 2.80.